The highest BCUT2D eigenvalue weighted by Gasteiger charge is 2.15. The van der Waals surface area contributed by atoms with Crippen molar-refractivity contribution < 1.29 is 19.1 Å². The normalized spacial score (nSPS) is 10.7. The lowest BCUT2D eigenvalue weighted by molar-refractivity contribution is -0.122. The first-order valence-corrected chi connectivity index (χ1v) is 8.80. The molecule has 1 aromatic rings. The fourth-order valence-electron chi connectivity index (χ4n) is 2.08. The molecule has 26 heavy (non-hydrogen) atoms. The highest BCUT2D eigenvalue weighted by molar-refractivity contribution is 5.77. The quantitative estimate of drug-likeness (QED) is 0.583. The van der Waals surface area contributed by atoms with Gasteiger partial charge in [0, 0.05) is 32.5 Å². The molecule has 0 atom stereocenters. The van der Waals surface area contributed by atoms with Crippen LogP contribution in [-0.2, 0) is 20.7 Å². The Hall–Kier alpha value is -2.57. The first-order chi connectivity index (χ1) is 12.3. The van der Waals surface area contributed by atoms with E-state index in [4.69, 9.17) is 4.74 Å². The number of aryl methyl sites for hydroxylation is 1. The fraction of sp³-hybridized carbons (Fsp3) is 0.526. The van der Waals surface area contributed by atoms with E-state index < -0.39 is 11.7 Å². The van der Waals surface area contributed by atoms with Gasteiger partial charge in [0.1, 0.15) is 5.60 Å². The van der Waals surface area contributed by atoms with Crippen molar-refractivity contribution in [3.8, 4) is 0 Å². The fourth-order valence-corrected chi connectivity index (χ4v) is 2.08. The monoisotopic (exact) mass is 363 g/mol. The van der Waals surface area contributed by atoms with Crippen LogP contribution in [0.4, 0.5) is 4.79 Å². The van der Waals surface area contributed by atoms with E-state index >= 15 is 0 Å². The van der Waals surface area contributed by atoms with Gasteiger partial charge in [0.05, 0.1) is 0 Å². The van der Waals surface area contributed by atoms with Crippen molar-refractivity contribution in [2.75, 3.05) is 19.6 Å². The van der Waals surface area contributed by atoms with E-state index in [1.165, 1.54) is 0 Å². The van der Waals surface area contributed by atoms with E-state index in [2.05, 4.69) is 16.0 Å². The van der Waals surface area contributed by atoms with Gasteiger partial charge in [-0.2, -0.15) is 0 Å². The summed E-state index contributed by atoms with van der Waals surface area (Å²) in [5, 5.41) is 7.97. The van der Waals surface area contributed by atoms with Crippen LogP contribution in [0.2, 0.25) is 0 Å². The third-order valence-electron chi connectivity index (χ3n) is 3.27. The van der Waals surface area contributed by atoms with E-state index in [1.54, 1.807) is 20.8 Å². The van der Waals surface area contributed by atoms with Crippen molar-refractivity contribution in [1.82, 2.24) is 16.0 Å². The molecule has 7 nitrogen and oxygen atoms in total. The number of benzene rings is 1. The van der Waals surface area contributed by atoms with Crippen molar-refractivity contribution in [3.05, 3.63) is 35.9 Å². The van der Waals surface area contributed by atoms with Crippen LogP contribution in [0.3, 0.4) is 0 Å². The van der Waals surface area contributed by atoms with Crippen molar-refractivity contribution in [2.45, 2.75) is 45.6 Å². The summed E-state index contributed by atoms with van der Waals surface area (Å²) < 4.78 is 5.07. The van der Waals surface area contributed by atoms with Crippen molar-refractivity contribution in [3.63, 3.8) is 0 Å². The lowest BCUT2D eigenvalue weighted by Crippen LogP contribution is -2.37. The number of rotatable bonds is 9. The lowest BCUT2D eigenvalue weighted by atomic mass is 10.1. The van der Waals surface area contributed by atoms with Gasteiger partial charge in [0.2, 0.25) is 11.8 Å². The number of carbonyl (C=O) groups excluding carboxylic acids is 3. The van der Waals surface area contributed by atoms with Crippen LogP contribution >= 0.6 is 0 Å². The number of alkyl carbamates (subject to hydrolysis) is 1. The van der Waals surface area contributed by atoms with Gasteiger partial charge >= 0.3 is 6.09 Å². The van der Waals surface area contributed by atoms with E-state index in [9.17, 15) is 14.4 Å². The molecule has 0 aromatic heterocycles. The molecule has 7 heteroatoms. The summed E-state index contributed by atoms with van der Waals surface area (Å²) in [6, 6.07) is 9.80. The summed E-state index contributed by atoms with van der Waals surface area (Å²) >= 11 is 0. The number of carbonyl (C=O) groups is 3. The van der Waals surface area contributed by atoms with Crippen LogP contribution in [0.25, 0.3) is 0 Å². The zero-order valence-corrected chi connectivity index (χ0v) is 15.8. The molecule has 1 aromatic carbocycles. The first-order valence-electron chi connectivity index (χ1n) is 8.80. The van der Waals surface area contributed by atoms with Crippen molar-refractivity contribution in [2.24, 2.45) is 0 Å². The van der Waals surface area contributed by atoms with Crippen LogP contribution < -0.4 is 16.0 Å². The summed E-state index contributed by atoms with van der Waals surface area (Å²) in [5.41, 5.74) is 0.555. The van der Waals surface area contributed by atoms with E-state index in [-0.39, 0.29) is 24.8 Å². The second kappa shape index (κ2) is 11.1. The Morgan fingerprint density at radius 3 is 2.00 bits per heavy atom. The molecule has 0 bridgehead atoms. The minimum atomic E-state index is -0.564. The van der Waals surface area contributed by atoms with Crippen molar-refractivity contribution >= 4 is 17.9 Å². The Bertz CT molecular complexity index is 582. The molecule has 3 amide bonds. The van der Waals surface area contributed by atoms with Crippen LogP contribution in [0, 0.1) is 0 Å². The van der Waals surface area contributed by atoms with Gasteiger partial charge in [-0.1, -0.05) is 30.3 Å². The maximum Gasteiger partial charge on any atom is 0.407 e. The van der Waals surface area contributed by atoms with E-state index in [1.807, 2.05) is 30.3 Å². The number of nitrogens with one attached hydrogen (secondary N) is 3. The highest BCUT2D eigenvalue weighted by Crippen LogP contribution is 2.06. The predicted octanol–water partition coefficient (Wildman–Crippen LogP) is 1.77. The summed E-state index contributed by atoms with van der Waals surface area (Å²) in [5.74, 6) is -0.241. The highest BCUT2D eigenvalue weighted by atomic mass is 16.6. The third-order valence-corrected chi connectivity index (χ3v) is 3.27. The first kappa shape index (κ1) is 21.5. The average Bonchev–Trinajstić information content (AvgIpc) is 2.56. The van der Waals surface area contributed by atoms with E-state index in [0.717, 1.165) is 5.56 Å². The molecule has 144 valence electrons. The van der Waals surface area contributed by atoms with Gasteiger partial charge in [-0.3, -0.25) is 9.59 Å². The van der Waals surface area contributed by atoms with Crippen LogP contribution in [-0.4, -0.2) is 43.1 Å². The smallest absolute Gasteiger partial charge is 0.407 e. The largest absolute Gasteiger partial charge is 0.444 e. The van der Waals surface area contributed by atoms with Crippen LogP contribution in [0.5, 0.6) is 0 Å². The summed E-state index contributed by atoms with van der Waals surface area (Å²) in [6.45, 7) is 6.24. The Morgan fingerprint density at radius 1 is 0.846 bits per heavy atom. The van der Waals surface area contributed by atoms with Gasteiger partial charge in [0.25, 0.3) is 0 Å². The second-order valence-corrected chi connectivity index (χ2v) is 6.86. The number of hydrogen-bond donors (Lipinski definition) is 3. The molecular weight excluding hydrogens is 334 g/mol. The zero-order valence-electron chi connectivity index (χ0n) is 15.8. The van der Waals surface area contributed by atoms with Crippen LogP contribution in [0.1, 0.15) is 39.2 Å². The maximum atomic E-state index is 11.7. The third kappa shape index (κ3) is 11.1. The molecule has 3 N–H and O–H groups in total. The SMILES string of the molecule is CC(C)(C)OC(=O)NCCC(=O)NCCNC(=O)CCc1ccccc1. The second-order valence-electron chi connectivity index (χ2n) is 6.86. The summed E-state index contributed by atoms with van der Waals surface area (Å²) in [4.78, 5) is 34.8. The topological polar surface area (TPSA) is 96.5 Å². The van der Waals surface area contributed by atoms with Crippen LogP contribution in [0.15, 0.2) is 30.3 Å². The summed E-state index contributed by atoms with van der Waals surface area (Å²) in [6.07, 6.45) is 0.713. The minimum Gasteiger partial charge on any atom is -0.444 e. The maximum absolute atomic E-state index is 11.7. The molecule has 0 unspecified atom stereocenters. The molecule has 1 rings (SSSR count). The van der Waals surface area contributed by atoms with Gasteiger partial charge in [0.15, 0.2) is 0 Å². The summed E-state index contributed by atoms with van der Waals surface area (Å²) in [7, 11) is 0. The molecule has 0 spiro atoms. The van der Waals surface area contributed by atoms with E-state index in [0.29, 0.717) is 25.9 Å². The zero-order chi connectivity index (χ0) is 19.4. The number of ether oxygens (including phenoxy) is 1. The Labute approximate surface area is 154 Å². The number of hydrogen-bond acceptors (Lipinski definition) is 4. The van der Waals surface area contributed by atoms with Gasteiger partial charge in [-0.05, 0) is 32.8 Å². The molecule has 0 aliphatic carbocycles. The molecule has 0 aliphatic heterocycles. The predicted molar refractivity (Wildman–Crippen MR) is 99.6 cm³/mol. The Kier molecular flexibility index (Phi) is 9.19. The minimum absolute atomic E-state index is 0.0466. The molecule has 0 saturated heterocycles. The van der Waals surface area contributed by atoms with Gasteiger partial charge < -0.3 is 20.7 Å². The molecule has 0 fully saturated rings. The molecule has 0 heterocycles. The Morgan fingerprint density at radius 2 is 1.42 bits per heavy atom. The standard InChI is InChI=1S/C19H29N3O4/c1-19(2,3)26-18(25)22-12-11-17(24)21-14-13-20-16(23)10-9-15-7-5-4-6-8-15/h4-8H,9-14H2,1-3H3,(H,20,23)(H,21,24)(H,22,25). The molecular formula is C19H29N3O4. The van der Waals surface area contributed by atoms with Gasteiger partial charge in [-0.15, -0.1) is 0 Å². The molecule has 0 radical (unpaired) electrons. The Balaban J connectivity index is 2.03. The molecule has 0 aliphatic rings. The van der Waals surface area contributed by atoms with Gasteiger partial charge in [-0.25, -0.2) is 4.79 Å². The molecule has 0 saturated carbocycles. The number of amides is 3. The average molecular weight is 363 g/mol. The lowest BCUT2D eigenvalue weighted by Gasteiger charge is -2.19. The van der Waals surface area contributed by atoms with Crippen molar-refractivity contribution in [1.29, 1.82) is 0 Å².